The molecule has 1 unspecified atom stereocenters. The molecule has 3 amide bonds. The van der Waals surface area contributed by atoms with Crippen LogP contribution in [0.15, 0.2) is 34.1 Å². The minimum absolute atomic E-state index is 0.0119. The van der Waals surface area contributed by atoms with E-state index < -0.39 is 0 Å². The number of nitrogens with one attached hydrogen (secondary N) is 3. The van der Waals surface area contributed by atoms with Gasteiger partial charge < -0.3 is 15.5 Å². The number of urea groups is 1. The molecule has 1 fully saturated rings. The third-order valence-corrected chi connectivity index (χ3v) is 5.88. The van der Waals surface area contributed by atoms with E-state index in [0.29, 0.717) is 19.5 Å². The molecule has 1 aliphatic heterocycles. The first-order chi connectivity index (χ1) is 12.5. The molecule has 7 nitrogen and oxygen atoms in total. The summed E-state index contributed by atoms with van der Waals surface area (Å²) in [6, 6.07) is 7.53. The minimum atomic E-state index is -0.176. The van der Waals surface area contributed by atoms with Gasteiger partial charge in [0.15, 0.2) is 0 Å². The van der Waals surface area contributed by atoms with E-state index in [1.165, 1.54) is 0 Å². The summed E-state index contributed by atoms with van der Waals surface area (Å²) in [7, 11) is 1.62. The molecule has 3 rings (SSSR count). The number of likely N-dealkylation sites (tertiary alicyclic amines) is 1. The van der Waals surface area contributed by atoms with Crippen molar-refractivity contribution in [2.45, 2.75) is 30.1 Å². The van der Waals surface area contributed by atoms with Gasteiger partial charge in [-0.15, -0.1) is 0 Å². The number of aromatic amines is 1. The fourth-order valence-corrected chi connectivity index (χ4v) is 4.00. The highest BCUT2D eigenvalue weighted by molar-refractivity contribution is 7.99. The van der Waals surface area contributed by atoms with Gasteiger partial charge >= 0.3 is 6.03 Å². The fourth-order valence-electron chi connectivity index (χ4n) is 3.02. The van der Waals surface area contributed by atoms with Gasteiger partial charge in [0.25, 0.3) is 0 Å². The second kappa shape index (κ2) is 7.82. The first kappa shape index (κ1) is 18.3. The van der Waals surface area contributed by atoms with Crippen molar-refractivity contribution in [1.29, 1.82) is 0 Å². The molecule has 138 valence electrons. The number of hydrogen-bond acceptors (Lipinski definition) is 4. The predicted octanol–water partition coefficient (Wildman–Crippen LogP) is 2.78. The number of carbonyl (C=O) groups is 2. The number of aromatic nitrogens is 2. The zero-order chi connectivity index (χ0) is 18.7. The molecule has 2 aromatic rings. The number of H-pyrrole nitrogens is 1. The van der Waals surface area contributed by atoms with Crippen molar-refractivity contribution in [1.82, 2.24) is 20.4 Å². The van der Waals surface area contributed by atoms with E-state index in [9.17, 15) is 9.59 Å². The van der Waals surface area contributed by atoms with E-state index in [2.05, 4.69) is 20.8 Å². The summed E-state index contributed by atoms with van der Waals surface area (Å²) < 4.78 is 0. The quantitative estimate of drug-likeness (QED) is 0.769. The molecule has 1 saturated heterocycles. The van der Waals surface area contributed by atoms with Gasteiger partial charge in [0, 0.05) is 30.7 Å². The summed E-state index contributed by atoms with van der Waals surface area (Å²) in [6.45, 7) is 4.96. The van der Waals surface area contributed by atoms with Gasteiger partial charge in [0.05, 0.1) is 22.2 Å². The van der Waals surface area contributed by atoms with Crippen LogP contribution in [0.1, 0.15) is 17.8 Å². The van der Waals surface area contributed by atoms with Crippen LogP contribution < -0.4 is 10.6 Å². The molecule has 0 saturated carbocycles. The number of nitrogens with zero attached hydrogens (tertiary/aromatic N) is 2. The highest BCUT2D eigenvalue weighted by Gasteiger charge is 2.30. The molecular formula is C18H23N5O2S. The largest absolute Gasteiger partial charge is 0.359 e. The first-order valence-electron chi connectivity index (χ1n) is 8.55. The van der Waals surface area contributed by atoms with E-state index in [0.717, 1.165) is 26.9 Å². The van der Waals surface area contributed by atoms with Crippen LogP contribution in [0.3, 0.4) is 0 Å². The number of benzene rings is 1. The molecule has 0 spiro atoms. The standard InChI is InChI=1S/C18H23N5O2S/c1-11-16(12(2)22-21-11)26-15-7-5-4-6-14(15)20-18(25)23-9-8-13(10-23)17(24)19-3/h4-7,13H,8-10H2,1-3H3,(H,19,24)(H,20,25)(H,21,22). The van der Waals surface area contributed by atoms with Crippen LogP contribution in [0.5, 0.6) is 0 Å². The lowest BCUT2D eigenvalue weighted by Gasteiger charge is -2.18. The number of hydrogen-bond donors (Lipinski definition) is 3. The SMILES string of the molecule is CNC(=O)C1CCN(C(=O)Nc2ccccc2Sc2c(C)n[nH]c2C)C1. The summed E-state index contributed by atoms with van der Waals surface area (Å²) in [4.78, 5) is 28.1. The van der Waals surface area contributed by atoms with Gasteiger partial charge in [0.2, 0.25) is 5.91 Å². The molecule has 1 aromatic carbocycles. The Morgan fingerprint density at radius 2 is 2.08 bits per heavy atom. The van der Waals surface area contributed by atoms with Crippen LogP contribution in [0.2, 0.25) is 0 Å². The van der Waals surface area contributed by atoms with Crippen molar-refractivity contribution in [3.63, 3.8) is 0 Å². The van der Waals surface area contributed by atoms with Crippen molar-refractivity contribution >= 4 is 29.4 Å². The Bertz CT molecular complexity index is 800. The first-order valence-corrected chi connectivity index (χ1v) is 9.37. The minimum Gasteiger partial charge on any atom is -0.359 e. The van der Waals surface area contributed by atoms with Crippen LogP contribution in [0.4, 0.5) is 10.5 Å². The summed E-state index contributed by atoms with van der Waals surface area (Å²) in [5.41, 5.74) is 2.69. The predicted molar refractivity (Wildman–Crippen MR) is 101 cm³/mol. The summed E-state index contributed by atoms with van der Waals surface area (Å²) in [5.74, 6) is -0.145. The van der Waals surface area contributed by atoms with E-state index in [4.69, 9.17) is 0 Å². The molecule has 8 heteroatoms. The number of aryl methyl sites for hydroxylation is 2. The van der Waals surface area contributed by atoms with Crippen LogP contribution >= 0.6 is 11.8 Å². The number of carbonyl (C=O) groups excluding carboxylic acids is 2. The van der Waals surface area contributed by atoms with Gasteiger partial charge in [-0.1, -0.05) is 23.9 Å². The Kier molecular flexibility index (Phi) is 5.51. The highest BCUT2D eigenvalue weighted by atomic mass is 32.2. The third-order valence-electron chi connectivity index (χ3n) is 4.49. The Balaban J connectivity index is 1.71. The number of para-hydroxylation sites is 1. The van der Waals surface area contributed by atoms with Crippen LogP contribution in [-0.2, 0) is 4.79 Å². The van der Waals surface area contributed by atoms with Crippen molar-refractivity contribution < 1.29 is 9.59 Å². The molecular weight excluding hydrogens is 350 g/mol. The molecule has 1 aromatic heterocycles. The van der Waals surface area contributed by atoms with Gasteiger partial charge in [0.1, 0.15) is 0 Å². The van der Waals surface area contributed by atoms with Crippen molar-refractivity contribution in [2.75, 3.05) is 25.5 Å². The van der Waals surface area contributed by atoms with Gasteiger partial charge in [-0.2, -0.15) is 5.10 Å². The maximum absolute atomic E-state index is 12.6. The average molecular weight is 373 g/mol. The maximum atomic E-state index is 12.6. The molecule has 26 heavy (non-hydrogen) atoms. The second-order valence-electron chi connectivity index (χ2n) is 6.34. The normalized spacial score (nSPS) is 16.6. The number of anilines is 1. The zero-order valence-electron chi connectivity index (χ0n) is 15.1. The van der Waals surface area contributed by atoms with Crippen LogP contribution in [0, 0.1) is 19.8 Å². The molecule has 1 atom stereocenters. The highest BCUT2D eigenvalue weighted by Crippen LogP contribution is 2.36. The van der Waals surface area contributed by atoms with Gasteiger partial charge in [-0.25, -0.2) is 4.79 Å². The Hall–Kier alpha value is -2.48. The van der Waals surface area contributed by atoms with Crippen molar-refractivity contribution in [2.24, 2.45) is 5.92 Å². The third kappa shape index (κ3) is 3.85. The van der Waals surface area contributed by atoms with Gasteiger partial charge in [-0.3, -0.25) is 9.89 Å². The van der Waals surface area contributed by atoms with Crippen LogP contribution in [0.25, 0.3) is 0 Å². The van der Waals surface area contributed by atoms with Crippen molar-refractivity contribution in [3.05, 3.63) is 35.7 Å². The molecule has 0 bridgehead atoms. The molecule has 0 radical (unpaired) electrons. The van der Waals surface area contributed by atoms with E-state index >= 15 is 0 Å². The number of amides is 3. The second-order valence-corrected chi connectivity index (χ2v) is 7.39. The topological polar surface area (TPSA) is 90.1 Å². The lowest BCUT2D eigenvalue weighted by molar-refractivity contribution is -0.124. The van der Waals surface area contributed by atoms with E-state index in [1.807, 2.05) is 38.1 Å². The van der Waals surface area contributed by atoms with Gasteiger partial charge in [-0.05, 0) is 32.4 Å². The van der Waals surface area contributed by atoms with E-state index in [-0.39, 0.29) is 17.9 Å². The lowest BCUT2D eigenvalue weighted by atomic mass is 10.1. The van der Waals surface area contributed by atoms with Crippen molar-refractivity contribution in [3.8, 4) is 0 Å². The Labute approximate surface area is 156 Å². The Morgan fingerprint density at radius 1 is 1.31 bits per heavy atom. The summed E-state index contributed by atoms with van der Waals surface area (Å²) in [5, 5.41) is 12.8. The Morgan fingerprint density at radius 3 is 2.77 bits per heavy atom. The summed E-state index contributed by atoms with van der Waals surface area (Å²) >= 11 is 1.58. The smallest absolute Gasteiger partial charge is 0.321 e. The molecule has 0 aliphatic carbocycles. The zero-order valence-corrected chi connectivity index (χ0v) is 15.9. The maximum Gasteiger partial charge on any atom is 0.321 e. The molecule has 2 heterocycles. The molecule has 1 aliphatic rings. The monoisotopic (exact) mass is 373 g/mol. The molecule has 3 N–H and O–H groups in total. The fraction of sp³-hybridized carbons (Fsp3) is 0.389. The summed E-state index contributed by atoms with van der Waals surface area (Å²) in [6.07, 6.45) is 0.691. The van der Waals surface area contributed by atoms with E-state index in [1.54, 1.807) is 23.7 Å². The number of rotatable bonds is 4. The average Bonchev–Trinajstić information content (AvgIpc) is 3.25. The van der Waals surface area contributed by atoms with Crippen LogP contribution in [-0.4, -0.2) is 47.2 Å². The lowest BCUT2D eigenvalue weighted by Crippen LogP contribution is -2.35.